The average molecular weight is 431 g/mol. The van der Waals surface area contributed by atoms with E-state index >= 15 is 0 Å². The van der Waals surface area contributed by atoms with Crippen molar-refractivity contribution in [2.45, 2.75) is 43.3 Å². The first kappa shape index (κ1) is 20.0. The second kappa shape index (κ2) is 8.25. The van der Waals surface area contributed by atoms with Crippen molar-refractivity contribution in [2.75, 3.05) is 23.7 Å². The lowest BCUT2D eigenvalue weighted by Gasteiger charge is -2.22. The molecule has 2 fully saturated rings. The third-order valence-corrected chi connectivity index (χ3v) is 6.59. The van der Waals surface area contributed by atoms with Gasteiger partial charge in [-0.15, -0.1) is 10.2 Å². The molecule has 1 unspecified atom stereocenters. The Bertz CT molecular complexity index is 947. The molecule has 2 aliphatic rings. The van der Waals surface area contributed by atoms with Crippen LogP contribution in [0.4, 0.5) is 5.95 Å². The highest BCUT2D eigenvalue weighted by Crippen LogP contribution is 2.39. The van der Waals surface area contributed by atoms with Gasteiger partial charge in [0.2, 0.25) is 11.9 Å². The number of halogens is 1. The van der Waals surface area contributed by atoms with Crippen LogP contribution in [0.25, 0.3) is 5.69 Å². The Balaban J connectivity index is 1.54. The van der Waals surface area contributed by atoms with Crippen LogP contribution in [-0.2, 0) is 4.79 Å². The number of nitrogens with zero attached hydrogens (tertiary/aromatic N) is 5. The SMILES string of the molecule is CC(C#N)(NC(=O)CSc1nnc(N2CCCC2)n1-c1cccc(Cl)c1)C1CC1. The number of hydrogen-bond donors (Lipinski definition) is 1. The third-order valence-electron chi connectivity index (χ3n) is 5.43. The molecule has 7 nitrogen and oxygen atoms in total. The van der Waals surface area contributed by atoms with E-state index in [-0.39, 0.29) is 17.6 Å². The van der Waals surface area contributed by atoms with Crippen molar-refractivity contribution in [3.05, 3.63) is 29.3 Å². The molecule has 152 valence electrons. The standard InChI is InChI=1S/C20H23ClN6OS/c1-20(13-22,14-7-8-14)23-17(28)12-29-19-25-24-18(26-9-2-3-10-26)27(19)16-6-4-5-15(21)11-16/h4-6,11,14H,2-3,7-10,12H2,1H3,(H,23,28). The Morgan fingerprint density at radius 2 is 2.14 bits per heavy atom. The number of carbonyl (C=O) groups excluding carboxylic acids is 1. The fourth-order valence-corrected chi connectivity index (χ4v) is 4.59. The smallest absolute Gasteiger partial charge is 0.232 e. The van der Waals surface area contributed by atoms with Gasteiger partial charge >= 0.3 is 0 Å². The number of hydrogen-bond acceptors (Lipinski definition) is 6. The molecule has 1 amide bonds. The molecule has 0 radical (unpaired) electrons. The summed E-state index contributed by atoms with van der Waals surface area (Å²) in [6.07, 6.45) is 4.22. The Morgan fingerprint density at radius 1 is 1.38 bits per heavy atom. The maximum absolute atomic E-state index is 12.5. The molecule has 4 rings (SSSR count). The molecule has 9 heteroatoms. The normalized spacial score (nSPS) is 18.3. The molecular formula is C20H23ClN6OS. The van der Waals surface area contributed by atoms with Gasteiger partial charge < -0.3 is 10.2 Å². The topological polar surface area (TPSA) is 86.8 Å². The van der Waals surface area contributed by atoms with Crippen LogP contribution < -0.4 is 10.2 Å². The van der Waals surface area contributed by atoms with Crippen LogP contribution in [0.15, 0.2) is 29.4 Å². The summed E-state index contributed by atoms with van der Waals surface area (Å²) in [5.74, 6) is 1.02. The first-order valence-electron chi connectivity index (χ1n) is 9.81. The molecule has 1 saturated carbocycles. The van der Waals surface area contributed by atoms with Crippen LogP contribution in [0.1, 0.15) is 32.6 Å². The minimum absolute atomic E-state index is 0.169. The van der Waals surface area contributed by atoms with E-state index in [4.69, 9.17) is 11.6 Å². The molecular weight excluding hydrogens is 408 g/mol. The number of rotatable bonds is 7. The van der Waals surface area contributed by atoms with Crippen molar-refractivity contribution in [3.63, 3.8) is 0 Å². The fraction of sp³-hybridized carbons (Fsp3) is 0.500. The average Bonchev–Trinajstić information content (AvgIpc) is 3.27. The Kier molecular flexibility index (Phi) is 5.70. The van der Waals surface area contributed by atoms with Gasteiger partial charge in [-0.2, -0.15) is 5.26 Å². The molecule has 1 N–H and O–H groups in total. The summed E-state index contributed by atoms with van der Waals surface area (Å²) < 4.78 is 1.96. The zero-order chi connectivity index (χ0) is 20.4. The quantitative estimate of drug-likeness (QED) is 0.677. The molecule has 1 aromatic heterocycles. The van der Waals surface area contributed by atoms with Gasteiger partial charge in [0.1, 0.15) is 5.54 Å². The number of amides is 1. The number of aromatic nitrogens is 3. The predicted molar refractivity (Wildman–Crippen MR) is 113 cm³/mol. The van der Waals surface area contributed by atoms with E-state index in [9.17, 15) is 10.1 Å². The summed E-state index contributed by atoms with van der Waals surface area (Å²) in [7, 11) is 0. The van der Waals surface area contributed by atoms with E-state index in [1.165, 1.54) is 11.8 Å². The van der Waals surface area contributed by atoms with Crippen molar-refractivity contribution < 1.29 is 4.79 Å². The van der Waals surface area contributed by atoms with Gasteiger partial charge in [0.25, 0.3) is 0 Å². The van der Waals surface area contributed by atoms with Crippen LogP contribution in [0.2, 0.25) is 5.02 Å². The van der Waals surface area contributed by atoms with Crippen LogP contribution in [0.3, 0.4) is 0 Å². The number of carbonyl (C=O) groups is 1. The van der Waals surface area contributed by atoms with Crippen LogP contribution in [-0.4, -0.2) is 45.1 Å². The third kappa shape index (κ3) is 4.36. The lowest BCUT2D eigenvalue weighted by atomic mass is 9.98. The zero-order valence-corrected chi connectivity index (χ0v) is 17.8. The van der Waals surface area contributed by atoms with Gasteiger partial charge in [0, 0.05) is 18.1 Å². The molecule has 29 heavy (non-hydrogen) atoms. The largest absolute Gasteiger partial charge is 0.341 e. The number of benzene rings is 1. The lowest BCUT2D eigenvalue weighted by molar-refractivity contribution is -0.119. The number of nitriles is 1. The number of nitrogens with one attached hydrogen (secondary N) is 1. The molecule has 0 bridgehead atoms. The van der Waals surface area contributed by atoms with Gasteiger partial charge in [0.15, 0.2) is 5.16 Å². The minimum atomic E-state index is -0.793. The van der Waals surface area contributed by atoms with Gasteiger partial charge in [0.05, 0.1) is 17.5 Å². The van der Waals surface area contributed by atoms with Gasteiger partial charge in [-0.05, 0) is 56.7 Å². The van der Waals surface area contributed by atoms with Crippen molar-refractivity contribution in [1.29, 1.82) is 5.26 Å². The van der Waals surface area contributed by atoms with Gasteiger partial charge in [-0.1, -0.05) is 29.4 Å². The summed E-state index contributed by atoms with van der Waals surface area (Å²) >= 11 is 7.53. The molecule has 1 aliphatic carbocycles. The molecule has 0 spiro atoms. The summed E-state index contributed by atoms with van der Waals surface area (Å²) in [4.78, 5) is 14.7. The Hall–Kier alpha value is -2.24. The van der Waals surface area contributed by atoms with E-state index in [1.54, 1.807) is 6.92 Å². The van der Waals surface area contributed by atoms with E-state index in [2.05, 4.69) is 26.5 Å². The van der Waals surface area contributed by atoms with Crippen molar-refractivity contribution >= 4 is 35.2 Å². The highest BCUT2D eigenvalue weighted by Gasteiger charge is 2.43. The second-order valence-electron chi connectivity index (χ2n) is 7.72. The monoisotopic (exact) mass is 430 g/mol. The molecule has 1 aliphatic heterocycles. The number of anilines is 1. The highest BCUT2D eigenvalue weighted by atomic mass is 35.5. The van der Waals surface area contributed by atoms with E-state index < -0.39 is 5.54 Å². The molecule has 1 atom stereocenters. The first-order chi connectivity index (χ1) is 14.0. The molecule has 1 saturated heterocycles. The Morgan fingerprint density at radius 3 is 2.79 bits per heavy atom. The first-order valence-corrected chi connectivity index (χ1v) is 11.2. The fourth-order valence-electron chi connectivity index (χ4n) is 3.66. The number of thioether (sulfide) groups is 1. The maximum Gasteiger partial charge on any atom is 0.232 e. The van der Waals surface area contributed by atoms with Crippen molar-refractivity contribution in [1.82, 2.24) is 20.1 Å². The van der Waals surface area contributed by atoms with Crippen LogP contribution in [0.5, 0.6) is 0 Å². The predicted octanol–water partition coefficient (Wildman–Crippen LogP) is 3.42. The van der Waals surface area contributed by atoms with Crippen LogP contribution >= 0.6 is 23.4 Å². The maximum atomic E-state index is 12.5. The van der Waals surface area contributed by atoms with E-state index in [1.807, 2.05) is 28.8 Å². The summed E-state index contributed by atoms with van der Waals surface area (Å²) in [5.41, 5.74) is 0.0751. The highest BCUT2D eigenvalue weighted by molar-refractivity contribution is 7.99. The van der Waals surface area contributed by atoms with Crippen LogP contribution in [0, 0.1) is 17.2 Å². The Labute approximate surface area is 179 Å². The van der Waals surface area contributed by atoms with Crippen molar-refractivity contribution in [3.8, 4) is 11.8 Å². The van der Waals surface area contributed by atoms with E-state index in [0.29, 0.717) is 10.2 Å². The zero-order valence-electron chi connectivity index (χ0n) is 16.3. The van der Waals surface area contributed by atoms with Crippen molar-refractivity contribution in [2.24, 2.45) is 5.92 Å². The lowest BCUT2D eigenvalue weighted by Crippen LogP contribution is -2.47. The molecule has 2 heterocycles. The van der Waals surface area contributed by atoms with Gasteiger partial charge in [-0.3, -0.25) is 9.36 Å². The summed E-state index contributed by atoms with van der Waals surface area (Å²) in [6.45, 7) is 3.67. The van der Waals surface area contributed by atoms with E-state index in [0.717, 1.165) is 50.4 Å². The minimum Gasteiger partial charge on any atom is -0.341 e. The molecule has 1 aromatic carbocycles. The summed E-state index contributed by atoms with van der Waals surface area (Å²) in [6, 6.07) is 9.80. The summed E-state index contributed by atoms with van der Waals surface area (Å²) in [5, 5.41) is 22.4. The molecule has 2 aromatic rings. The second-order valence-corrected chi connectivity index (χ2v) is 9.10. The van der Waals surface area contributed by atoms with Gasteiger partial charge in [-0.25, -0.2) is 0 Å².